The van der Waals surface area contributed by atoms with E-state index in [1.165, 1.54) is 17.2 Å². The van der Waals surface area contributed by atoms with Gasteiger partial charge in [0, 0.05) is 12.2 Å². The standard InChI is InChI=1S/C13H18NO/c1-10(2)9-14-12-6-4-3-5-11(12)7-8-13(14)15/h3-6,13,15H,7-9H2,1-2H3. The molecule has 81 valence electrons. The quantitative estimate of drug-likeness (QED) is 0.799. The maximum Gasteiger partial charge on any atom is 0.127 e. The van der Waals surface area contributed by atoms with Crippen molar-refractivity contribution < 1.29 is 5.11 Å². The Balaban J connectivity index is 2.28. The van der Waals surface area contributed by atoms with E-state index in [2.05, 4.69) is 36.9 Å². The van der Waals surface area contributed by atoms with E-state index in [1.54, 1.807) is 0 Å². The van der Waals surface area contributed by atoms with Crippen molar-refractivity contribution in [3.05, 3.63) is 35.7 Å². The van der Waals surface area contributed by atoms with Gasteiger partial charge < -0.3 is 10.0 Å². The Hall–Kier alpha value is -1.02. The minimum Gasteiger partial charge on any atom is -0.374 e. The highest BCUT2D eigenvalue weighted by molar-refractivity contribution is 5.56. The normalized spacial score (nSPS) is 20.5. The fourth-order valence-electron chi connectivity index (χ4n) is 2.13. The molecular formula is C13H18NO. The Bertz CT molecular complexity index is 335. The summed E-state index contributed by atoms with van der Waals surface area (Å²) in [5.74, 6) is 1.32. The lowest BCUT2D eigenvalue weighted by Crippen LogP contribution is -2.41. The molecule has 1 atom stereocenters. The molecule has 0 aromatic heterocycles. The number of aliphatic hydroxyl groups is 1. The second-order valence-corrected chi connectivity index (χ2v) is 4.48. The molecule has 1 heterocycles. The number of aryl methyl sites for hydroxylation is 1. The average Bonchev–Trinajstić information content (AvgIpc) is 2.22. The minimum absolute atomic E-state index is 0.324. The number of fused-ring (bicyclic) bond motifs is 1. The molecule has 0 fully saturated rings. The number of benzene rings is 1. The van der Waals surface area contributed by atoms with Crippen LogP contribution < -0.4 is 4.90 Å². The van der Waals surface area contributed by atoms with Gasteiger partial charge in [-0.15, -0.1) is 0 Å². The number of hydrogen-bond acceptors (Lipinski definition) is 2. The molecule has 1 N–H and O–H groups in total. The van der Waals surface area contributed by atoms with Crippen molar-refractivity contribution >= 4 is 5.69 Å². The van der Waals surface area contributed by atoms with E-state index in [-0.39, 0.29) is 6.23 Å². The Labute approximate surface area is 91.5 Å². The number of nitrogens with zero attached hydrogens (tertiary/aromatic N) is 1. The highest BCUT2D eigenvalue weighted by Gasteiger charge is 2.24. The lowest BCUT2D eigenvalue weighted by molar-refractivity contribution is 0.154. The van der Waals surface area contributed by atoms with Gasteiger partial charge in [0.2, 0.25) is 0 Å². The summed E-state index contributed by atoms with van der Waals surface area (Å²) >= 11 is 0. The zero-order valence-corrected chi connectivity index (χ0v) is 9.40. The van der Waals surface area contributed by atoms with Crippen molar-refractivity contribution in [1.29, 1.82) is 0 Å². The smallest absolute Gasteiger partial charge is 0.127 e. The van der Waals surface area contributed by atoms with Crippen molar-refractivity contribution in [3.8, 4) is 0 Å². The van der Waals surface area contributed by atoms with Crippen LogP contribution in [-0.4, -0.2) is 17.9 Å². The SMILES string of the molecule is C[C](C)CN1c2ccccc2CCC1O. The van der Waals surface area contributed by atoms with Crippen LogP contribution in [0.4, 0.5) is 5.69 Å². The first-order chi connectivity index (χ1) is 7.18. The molecule has 0 amide bonds. The predicted octanol–water partition coefficient (Wildman–Crippen LogP) is 2.37. The summed E-state index contributed by atoms with van der Waals surface area (Å²) < 4.78 is 0. The molecule has 1 aromatic rings. The molecule has 2 heteroatoms. The van der Waals surface area contributed by atoms with E-state index in [0.717, 1.165) is 19.4 Å². The van der Waals surface area contributed by atoms with E-state index >= 15 is 0 Å². The van der Waals surface area contributed by atoms with Crippen LogP contribution in [0.15, 0.2) is 24.3 Å². The molecule has 1 aliphatic rings. The van der Waals surface area contributed by atoms with Crippen LogP contribution in [0.25, 0.3) is 0 Å². The van der Waals surface area contributed by atoms with Crippen molar-refractivity contribution in [3.63, 3.8) is 0 Å². The van der Waals surface area contributed by atoms with Crippen molar-refractivity contribution in [1.82, 2.24) is 0 Å². The molecule has 1 radical (unpaired) electrons. The first-order valence-electron chi connectivity index (χ1n) is 5.50. The lowest BCUT2D eigenvalue weighted by atomic mass is 9.99. The van der Waals surface area contributed by atoms with E-state index in [9.17, 15) is 5.11 Å². The largest absolute Gasteiger partial charge is 0.374 e. The third kappa shape index (κ3) is 2.15. The number of aliphatic hydroxyl groups excluding tert-OH is 1. The molecule has 1 unspecified atom stereocenters. The second-order valence-electron chi connectivity index (χ2n) is 4.48. The number of hydrogen-bond donors (Lipinski definition) is 1. The fourth-order valence-corrected chi connectivity index (χ4v) is 2.13. The monoisotopic (exact) mass is 204 g/mol. The van der Waals surface area contributed by atoms with Gasteiger partial charge >= 0.3 is 0 Å². The molecule has 15 heavy (non-hydrogen) atoms. The van der Waals surface area contributed by atoms with Gasteiger partial charge in [-0.05, 0) is 30.4 Å². The van der Waals surface area contributed by atoms with Crippen molar-refractivity contribution in [2.45, 2.75) is 32.9 Å². The van der Waals surface area contributed by atoms with Gasteiger partial charge in [-0.3, -0.25) is 0 Å². The van der Waals surface area contributed by atoms with Gasteiger partial charge in [0.15, 0.2) is 0 Å². The maximum atomic E-state index is 9.98. The van der Waals surface area contributed by atoms with Crippen LogP contribution in [0.2, 0.25) is 0 Å². The molecule has 0 saturated heterocycles. The molecule has 0 bridgehead atoms. The first kappa shape index (κ1) is 10.5. The zero-order valence-electron chi connectivity index (χ0n) is 9.40. The zero-order chi connectivity index (χ0) is 10.8. The van der Waals surface area contributed by atoms with Gasteiger partial charge in [0.25, 0.3) is 0 Å². The molecule has 0 spiro atoms. The summed E-state index contributed by atoms with van der Waals surface area (Å²) in [5.41, 5.74) is 2.54. The number of para-hydroxylation sites is 1. The lowest BCUT2D eigenvalue weighted by Gasteiger charge is -2.36. The van der Waals surface area contributed by atoms with Crippen LogP contribution in [0.5, 0.6) is 0 Å². The number of anilines is 1. The summed E-state index contributed by atoms with van der Waals surface area (Å²) in [6.07, 6.45) is 1.50. The third-order valence-corrected chi connectivity index (χ3v) is 2.82. The van der Waals surface area contributed by atoms with Gasteiger partial charge in [0.1, 0.15) is 6.23 Å². The van der Waals surface area contributed by atoms with E-state index < -0.39 is 0 Å². The summed E-state index contributed by atoms with van der Waals surface area (Å²) in [5, 5.41) is 9.98. The molecule has 1 aromatic carbocycles. The Morgan fingerprint density at radius 3 is 2.87 bits per heavy atom. The molecule has 0 saturated carbocycles. The van der Waals surface area contributed by atoms with Crippen LogP contribution in [0.1, 0.15) is 25.8 Å². The van der Waals surface area contributed by atoms with E-state index in [1.807, 2.05) is 6.07 Å². The van der Waals surface area contributed by atoms with Crippen LogP contribution >= 0.6 is 0 Å². The number of rotatable bonds is 2. The van der Waals surface area contributed by atoms with Crippen molar-refractivity contribution in [2.24, 2.45) is 0 Å². The van der Waals surface area contributed by atoms with Gasteiger partial charge in [-0.25, -0.2) is 0 Å². The Morgan fingerprint density at radius 2 is 2.13 bits per heavy atom. The predicted molar refractivity (Wildman–Crippen MR) is 62.7 cm³/mol. The van der Waals surface area contributed by atoms with Crippen LogP contribution in [0.3, 0.4) is 0 Å². The molecule has 0 aliphatic carbocycles. The van der Waals surface area contributed by atoms with Gasteiger partial charge in [0.05, 0.1) is 0 Å². The van der Waals surface area contributed by atoms with Gasteiger partial charge in [-0.2, -0.15) is 0 Å². The fraction of sp³-hybridized carbons (Fsp3) is 0.462. The Kier molecular flexibility index (Phi) is 2.96. The molecule has 2 nitrogen and oxygen atoms in total. The van der Waals surface area contributed by atoms with E-state index in [0.29, 0.717) is 0 Å². The third-order valence-electron chi connectivity index (χ3n) is 2.82. The summed E-state index contributed by atoms with van der Waals surface area (Å²) in [7, 11) is 0. The van der Waals surface area contributed by atoms with Gasteiger partial charge in [-0.1, -0.05) is 32.0 Å². The van der Waals surface area contributed by atoms with Crippen molar-refractivity contribution in [2.75, 3.05) is 11.4 Å². The van der Waals surface area contributed by atoms with E-state index in [4.69, 9.17) is 0 Å². The molecule has 1 aliphatic heterocycles. The minimum atomic E-state index is -0.324. The topological polar surface area (TPSA) is 23.5 Å². The van der Waals surface area contributed by atoms with Crippen LogP contribution in [-0.2, 0) is 6.42 Å². The second kappa shape index (κ2) is 4.23. The molecule has 2 rings (SSSR count). The highest BCUT2D eigenvalue weighted by Crippen LogP contribution is 2.30. The average molecular weight is 204 g/mol. The summed E-state index contributed by atoms with van der Waals surface area (Å²) in [4.78, 5) is 2.09. The molecular weight excluding hydrogens is 186 g/mol. The maximum absolute atomic E-state index is 9.98. The highest BCUT2D eigenvalue weighted by atomic mass is 16.3. The summed E-state index contributed by atoms with van der Waals surface area (Å²) in [6.45, 7) is 5.05. The first-order valence-corrected chi connectivity index (χ1v) is 5.50. The van der Waals surface area contributed by atoms with Crippen LogP contribution in [0, 0.1) is 5.92 Å². The Morgan fingerprint density at radius 1 is 1.40 bits per heavy atom. The summed E-state index contributed by atoms with van der Waals surface area (Å²) in [6, 6.07) is 8.35.